The molecule has 0 aliphatic carbocycles. The largest absolute Gasteiger partial charge is 0.453 e. The van der Waals surface area contributed by atoms with Crippen molar-refractivity contribution in [2.24, 2.45) is 0 Å². The van der Waals surface area contributed by atoms with Crippen molar-refractivity contribution in [3.05, 3.63) is 47.5 Å². The van der Waals surface area contributed by atoms with E-state index in [1.807, 2.05) is 28.0 Å². The van der Waals surface area contributed by atoms with Crippen LogP contribution in [0.4, 0.5) is 15.3 Å². The van der Waals surface area contributed by atoms with E-state index >= 15 is 0 Å². The van der Waals surface area contributed by atoms with Crippen LogP contribution < -0.4 is 4.90 Å². The molecule has 1 aromatic heterocycles. The minimum absolute atomic E-state index is 0.165. The van der Waals surface area contributed by atoms with Crippen LogP contribution in [-0.2, 0) is 17.7 Å². The molecule has 2 unspecified atom stereocenters. The zero-order valence-electron chi connectivity index (χ0n) is 24.1. The maximum atomic E-state index is 13.5. The minimum atomic E-state index is -0.271. The number of hydrogen-bond acceptors (Lipinski definition) is 5. The van der Waals surface area contributed by atoms with Gasteiger partial charge in [0.2, 0.25) is 0 Å². The van der Waals surface area contributed by atoms with E-state index in [-0.39, 0.29) is 12.1 Å². The molecule has 3 saturated heterocycles. The number of methoxy groups -OCH3 is 1. The van der Waals surface area contributed by atoms with Crippen molar-refractivity contribution in [1.29, 1.82) is 0 Å². The number of aromatic nitrogens is 2. The maximum Gasteiger partial charge on any atom is 0.409 e. The molecule has 0 saturated carbocycles. The Kier molecular flexibility index (Phi) is 8.01. The lowest BCUT2D eigenvalue weighted by Gasteiger charge is -2.41. The number of piperidine rings is 2. The summed E-state index contributed by atoms with van der Waals surface area (Å²) in [7, 11) is 1.44. The third-order valence-electron chi connectivity index (χ3n) is 9.61. The number of aryl methyl sites for hydroxylation is 1. The number of hydrogen-bond donors (Lipinski definition) is 0. The van der Waals surface area contributed by atoms with Gasteiger partial charge < -0.3 is 19.1 Å². The van der Waals surface area contributed by atoms with Gasteiger partial charge in [0, 0.05) is 68.7 Å². The summed E-state index contributed by atoms with van der Waals surface area (Å²) in [6.07, 6.45) is 9.78. The SMILES string of the molecule is COC(=O)N1CCc2c(nc(C)n2C2CC3CC[C@@H](C2)N3CCCN(C(=O)N2CCCCC2)c2ccccc2)C1. The van der Waals surface area contributed by atoms with Gasteiger partial charge in [-0.2, -0.15) is 0 Å². The Bertz CT molecular complexity index is 1180. The number of benzene rings is 1. The summed E-state index contributed by atoms with van der Waals surface area (Å²) in [5.41, 5.74) is 3.35. The Hall–Kier alpha value is -3.07. The average molecular weight is 549 g/mol. The number of amides is 3. The fourth-order valence-corrected chi connectivity index (χ4v) is 7.74. The number of likely N-dealkylation sites (tertiary alicyclic amines) is 1. The first-order chi connectivity index (χ1) is 19.5. The molecule has 0 N–H and O–H groups in total. The Balaban J connectivity index is 1.09. The van der Waals surface area contributed by atoms with Crippen molar-refractivity contribution in [3.63, 3.8) is 0 Å². The first-order valence-electron chi connectivity index (χ1n) is 15.3. The number of rotatable bonds is 6. The van der Waals surface area contributed by atoms with Gasteiger partial charge in [-0.1, -0.05) is 18.2 Å². The number of imidazole rings is 1. The highest BCUT2D eigenvalue weighted by Crippen LogP contribution is 2.42. The fourth-order valence-electron chi connectivity index (χ4n) is 7.74. The molecule has 4 aliphatic rings. The van der Waals surface area contributed by atoms with Gasteiger partial charge in [0.15, 0.2) is 0 Å². The molecule has 1 aromatic carbocycles. The molecule has 5 heterocycles. The Morgan fingerprint density at radius 3 is 2.40 bits per heavy atom. The second-order valence-electron chi connectivity index (χ2n) is 12.0. The molecule has 0 radical (unpaired) electrons. The number of ether oxygens (including phenoxy) is 1. The highest BCUT2D eigenvalue weighted by atomic mass is 16.5. The van der Waals surface area contributed by atoms with E-state index in [0.717, 1.165) is 81.9 Å². The van der Waals surface area contributed by atoms with Gasteiger partial charge in [0.25, 0.3) is 0 Å². The number of carbonyl (C=O) groups is 2. The van der Waals surface area contributed by atoms with E-state index in [9.17, 15) is 9.59 Å². The van der Waals surface area contributed by atoms with E-state index in [1.54, 1.807) is 4.90 Å². The highest BCUT2D eigenvalue weighted by Gasteiger charge is 2.42. The average Bonchev–Trinajstić information content (AvgIpc) is 3.44. The molecule has 9 nitrogen and oxygen atoms in total. The van der Waals surface area contributed by atoms with Crippen molar-refractivity contribution in [2.45, 2.75) is 89.4 Å². The summed E-state index contributed by atoms with van der Waals surface area (Å²) < 4.78 is 7.45. The van der Waals surface area contributed by atoms with Crippen LogP contribution in [0.2, 0.25) is 0 Å². The number of anilines is 1. The Morgan fingerprint density at radius 1 is 0.975 bits per heavy atom. The summed E-state index contributed by atoms with van der Waals surface area (Å²) >= 11 is 0. The van der Waals surface area contributed by atoms with Crippen LogP contribution in [-0.4, -0.2) is 88.3 Å². The first kappa shape index (κ1) is 27.1. The second kappa shape index (κ2) is 11.8. The Labute approximate surface area is 238 Å². The van der Waals surface area contributed by atoms with Gasteiger partial charge >= 0.3 is 12.1 Å². The molecule has 216 valence electrons. The number of fused-ring (bicyclic) bond motifs is 3. The van der Waals surface area contributed by atoms with Gasteiger partial charge in [0.05, 0.1) is 19.3 Å². The van der Waals surface area contributed by atoms with Crippen LogP contribution >= 0.6 is 0 Å². The van der Waals surface area contributed by atoms with Crippen molar-refractivity contribution >= 4 is 17.8 Å². The normalized spacial score (nSPS) is 24.6. The molecule has 2 aromatic rings. The first-order valence-corrected chi connectivity index (χ1v) is 15.3. The quantitative estimate of drug-likeness (QED) is 0.509. The predicted molar refractivity (Wildman–Crippen MR) is 154 cm³/mol. The monoisotopic (exact) mass is 548 g/mol. The molecule has 3 fully saturated rings. The topological polar surface area (TPSA) is 74.1 Å². The van der Waals surface area contributed by atoms with E-state index in [0.29, 0.717) is 31.2 Å². The van der Waals surface area contributed by atoms with Crippen molar-refractivity contribution in [3.8, 4) is 0 Å². The van der Waals surface area contributed by atoms with Crippen LogP contribution in [0, 0.1) is 6.92 Å². The number of urea groups is 1. The number of carbonyl (C=O) groups excluding carboxylic acids is 2. The number of para-hydroxylation sites is 1. The van der Waals surface area contributed by atoms with E-state index in [2.05, 4.69) is 28.5 Å². The highest BCUT2D eigenvalue weighted by molar-refractivity contribution is 5.92. The van der Waals surface area contributed by atoms with Crippen molar-refractivity contribution < 1.29 is 14.3 Å². The van der Waals surface area contributed by atoms with Gasteiger partial charge in [0.1, 0.15) is 5.82 Å². The summed E-state index contributed by atoms with van der Waals surface area (Å²) in [5, 5.41) is 0. The van der Waals surface area contributed by atoms with Crippen molar-refractivity contribution in [1.82, 2.24) is 24.3 Å². The molecule has 6 rings (SSSR count). The number of nitrogens with zero attached hydrogens (tertiary/aromatic N) is 6. The van der Waals surface area contributed by atoms with Gasteiger partial charge in [-0.3, -0.25) is 9.80 Å². The molecule has 0 spiro atoms. The van der Waals surface area contributed by atoms with Crippen LogP contribution in [0.25, 0.3) is 0 Å². The van der Waals surface area contributed by atoms with Crippen LogP contribution in [0.1, 0.15) is 74.6 Å². The molecule has 40 heavy (non-hydrogen) atoms. The maximum absolute atomic E-state index is 13.5. The van der Waals surface area contributed by atoms with Gasteiger partial charge in [-0.05, 0) is 70.4 Å². The third kappa shape index (κ3) is 5.32. The summed E-state index contributed by atoms with van der Waals surface area (Å²) in [6, 6.07) is 12.0. The molecule has 3 atom stereocenters. The summed E-state index contributed by atoms with van der Waals surface area (Å²) in [5.74, 6) is 1.07. The molecule has 3 amide bonds. The lowest BCUT2D eigenvalue weighted by molar-refractivity contribution is 0.102. The zero-order chi connectivity index (χ0) is 27.6. The van der Waals surface area contributed by atoms with Crippen LogP contribution in [0.15, 0.2) is 30.3 Å². The predicted octanol–water partition coefficient (Wildman–Crippen LogP) is 4.99. The van der Waals surface area contributed by atoms with E-state index in [1.165, 1.54) is 32.1 Å². The van der Waals surface area contributed by atoms with E-state index < -0.39 is 0 Å². The molecular weight excluding hydrogens is 504 g/mol. The zero-order valence-corrected chi connectivity index (χ0v) is 24.1. The van der Waals surface area contributed by atoms with Gasteiger partial charge in [-0.15, -0.1) is 0 Å². The Morgan fingerprint density at radius 2 is 1.70 bits per heavy atom. The molecule has 2 bridgehead atoms. The lowest BCUT2D eigenvalue weighted by Crippen LogP contribution is -2.48. The smallest absolute Gasteiger partial charge is 0.409 e. The third-order valence-corrected chi connectivity index (χ3v) is 9.61. The summed E-state index contributed by atoms with van der Waals surface area (Å²) in [4.78, 5) is 39.0. The standard InChI is InChI=1S/C31H44N6O3/c1-23-32-28-22-34(31(39)40-2)19-14-29(28)37(23)27-20-25-12-13-26(21-27)35(25)17-9-18-36(24-10-5-3-6-11-24)30(38)33-15-7-4-8-16-33/h3,5-6,10-11,25-27H,4,7-9,12-22H2,1-2H3/t25-,26?,27?/m0/s1. The van der Waals surface area contributed by atoms with Crippen LogP contribution in [0.3, 0.4) is 0 Å². The van der Waals surface area contributed by atoms with Gasteiger partial charge in [-0.25, -0.2) is 14.6 Å². The molecule has 4 aliphatic heterocycles. The van der Waals surface area contributed by atoms with E-state index in [4.69, 9.17) is 9.72 Å². The summed E-state index contributed by atoms with van der Waals surface area (Å²) in [6.45, 7) is 6.87. The molecular formula is C31H44N6O3. The van der Waals surface area contributed by atoms with Crippen LogP contribution in [0.5, 0.6) is 0 Å². The van der Waals surface area contributed by atoms with Crippen molar-refractivity contribution in [2.75, 3.05) is 44.7 Å². The lowest BCUT2D eigenvalue weighted by atomic mass is 9.95. The fraction of sp³-hybridized carbons (Fsp3) is 0.645. The second-order valence-corrected chi connectivity index (χ2v) is 12.0. The minimum Gasteiger partial charge on any atom is -0.453 e. The molecule has 9 heteroatoms.